The standard InChI is InChI=1S/C19H18N2O2/c1-2-7-14(8-3-1)19-18-20-16-10-4-5-11-17(16)21(18)12-6-9-15(23-19)13-22-19/h1-5,7-8,10-11,15H,6,9,12-13H2/t15-,19+/m0/s1. The van der Waals surface area contributed by atoms with Gasteiger partial charge < -0.3 is 14.0 Å². The van der Waals surface area contributed by atoms with Gasteiger partial charge in [-0.1, -0.05) is 42.5 Å². The largest absolute Gasteiger partial charge is 0.337 e. The van der Waals surface area contributed by atoms with Crippen molar-refractivity contribution < 1.29 is 9.47 Å². The van der Waals surface area contributed by atoms with Crippen LogP contribution in [0.5, 0.6) is 0 Å². The maximum atomic E-state index is 6.43. The highest BCUT2D eigenvalue weighted by Crippen LogP contribution is 2.43. The number of aromatic nitrogens is 2. The van der Waals surface area contributed by atoms with Gasteiger partial charge in [-0.3, -0.25) is 0 Å². The zero-order chi connectivity index (χ0) is 15.3. The Morgan fingerprint density at radius 1 is 1.04 bits per heavy atom. The van der Waals surface area contributed by atoms with Crippen LogP contribution in [0.3, 0.4) is 0 Å². The first-order chi connectivity index (χ1) is 11.4. The van der Waals surface area contributed by atoms with Gasteiger partial charge in [0.1, 0.15) is 0 Å². The maximum absolute atomic E-state index is 6.43. The van der Waals surface area contributed by atoms with Crippen LogP contribution in [0.15, 0.2) is 54.6 Å². The second-order valence-corrected chi connectivity index (χ2v) is 6.25. The van der Waals surface area contributed by atoms with Crippen molar-refractivity contribution in [3.05, 3.63) is 66.0 Å². The van der Waals surface area contributed by atoms with Gasteiger partial charge in [-0.2, -0.15) is 0 Å². The average Bonchev–Trinajstić information content (AvgIpc) is 3.18. The second kappa shape index (κ2) is 4.91. The van der Waals surface area contributed by atoms with Crippen molar-refractivity contribution in [2.75, 3.05) is 6.61 Å². The Labute approximate surface area is 134 Å². The van der Waals surface area contributed by atoms with Crippen LogP contribution in [-0.2, 0) is 21.8 Å². The fourth-order valence-electron chi connectivity index (χ4n) is 3.74. The smallest absolute Gasteiger partial charge is 0.256 e. The van der Waals surface area contributed by atoms with Crippen molar-refractivity contribution in [2.45, 2.75) is 31.3 Å². The minimum Gasteiger partial charge on any atom is -0.337 e. The first kappa shape index (κ1) is 13.3. The van der Waals surface area contributed by atoms with E-state index in [9.17, 15) is 0 Å². The Balaban J connectivity index is 1.81. The molecule has 2 atom stereocenters. The number of para-hydroxylation sites is 2. The molecule has 2 aliphatic rings. The highest BCUT2D eigenvalue weighted by molar-refractivity contribution is 5.76. The van der Waals surface area contributed by atoms with E-state index in [0.29, 0.717) is 6.61 Å². The summed E-state index contributed by atoms with van der Waals surface area (Å²) in [4.78, 5) is 4.90. The summed E-state index contributed by atoms with van der Waals surface area (Å²) in [6.07, 6.45) is 2.23. The van der Waals surface area contributed by atoms with Crippen molar-refractivity contribution in [1.29, 1.82) is 0 Å². The molecule has 116 valence electrons. The fraction of sp³-hybridized carbons (Fsp3) is 0.316. The van der Waals surface area contributed by atoms with E-state index >= 15 is 0 Å². The highest BCUT2D eigenvalue weighted by Gasteiger charge is 2.49. The number of nitrogens with zero attached hydrogens (tertiary/aromatic N) is 2. The molecule has 0 N–H and O–H groups in total. The molecule has 0 unspecified atom stereocenters. The van der Waals surface area contributed by atoms with Crippen LogP contribution in [0.25, 0.3) is 11.0 Å². The van der Waals surface area contributed by atoms with Crippen LogP contribution in [0.4, 0.5) is 0 Å². The molecule has 1 saturated heterocycles. The lowest BCUT2D eigenvalue weighted by atomic mass is 10.0. The molecule has 0 radical (unpaired) electrons. The van der Waals surface area contributed by atoms with Gasteiger partial charge in [0.25, 0.3) is 5.79 Å². The predicted octanol–water partition coefficient (Wildman–Crippen LogP) is 3.45. The molecule has 0 amide bonds. The van der Waals surface area contributed by atoms with Crippen molar-refractivity contribution in [3.8, 4) is 0 Å². The lowest BCUT2D eigenvalue weighted by Gasteiger charge is -2.30. The summed E-state index contributed by atoms with van der Waals surface area (Å²) in [5.74, 6) is -0.0159. The van der Waals surface area contributed by atoms with Crippen LogP contribution in [0.1, 0.15) is 24.2 Å². The third-order valence-electron chi connectivity index (χ3n) is 4.82. The van der Waals surface area contributed by atoms with E-state index in [-0.39, 0.29) is 6.10 Å². The number of ether oxygens (including phenoxy) is 2. The Morgan fingerprint density at radius 3 is 2.78 bits per heavy atom. The molecular formula is C19H18N2O2. The average molecular weight is 306 g/mol. The number of hydrogen-bond acceptors (Lipinski definition) is 3. The van der Waals surface area contributed by atoms with Gasteiger partial charge in [0.15, 0.2) is 5.82 Å². The van der Waals surface area contributed by atoms with E-state index in [4.69, 9.17) is 14.5 Å². The molecule has 3 aromatic rings. The summed E-state index contributed by atoms with van der Waals surface area (Å²) >= 11 is 0. The van der Waals surface area contributed by atoms with Crippen molar-refractivity contribution in [1.82, 2.24) is 9.55 Å². The molecule has 4 nitrogen and oxygen atoms in total. The zero-order valence-electron chi connectivity index (χ0n) is 12.8. The van der Waals surface area contributed by atoms with E-state index < -0.39 is 5.79 Å². The van der Waals surface area contributed by atoms with Crippen molar-refractivity contribution in [3.63, 3.8) is 0 Å². The molecule has 1 aromatic heterocycles. The normalized spacial score (nSPS) is 26.7. The molecule has 0 aliphatic carbocycles. The molecule has 1 fully saturated rings. The number of aryl methyl sites for hydroxylation is 1. The summed E-state index contributed by atoms with van der Waals surface area (Å²) in [5.41, 5.74) is 3.16. The van der Waals surface area contributed by atoms with Crippen molar-refractivity contribution in [2.24, 2.45) is 0 Å². The molecule has 23 heavy (non-hydrogen) atoms. The Kier molecular flexibility index (Phi) is 2.84. The monoisotopic (exact) mass is 306 g/mol. The van der Waals surface area contributed by atoms with E-state index in [2.05, 4.69) is 34.9 Å². The lowest BCUT2D eigenvalue weighted by Crippen LogP contribution is -2.34. The van der Waals surface area contributed by atoms with Crippen LogP contribution >= 0.6 is 0 Å². The lowest BCUT2D eigenvalue weighted by molar-refractivity contribution is -0.153. The predicted molar refractivity (Wildman–Crippen MR) is 87.0 cm³/mol. The van der Waals surface area contributed by atoms with Gasteiger partial charge in [-0.25, -0.2) is 4.98 Å². The summed E-state index contributed by atoms with van der Waals surface area (Å²) in [6, 6.07) is 18.4. The van der Waals surface area contributed by atoms with Gasteiger partial charge in [-0.05, 0) is 25.0 Å². The number of rotatable bonds is 1. The number of fused-ring (bicyclic) bond motifs is 6. The summed E-state index contributed by atoms with van der Waals surface area (Å²) < 4.78 is 15.0. The summed E-state index contributed by atoms with van der Waals surface area (Å²) in [5, 5.41) is 0. The van der Waals surface area contributed by atoms with Gasteiger partial charge in [0.2, 0.25) is 0 Å². The quantitative estimate of drug-likeness (QED) is 0.691. The van der Waals surface area contributed by atoms with E-state index in [0.717, 1.165) is 41.8 Å². The Hall–Kier alpha value is -2.17. The molecule has 0 spiro atoms. The Bertz CT molecular complexity index is 858. The SMILES string of the molecule is c1ccc([C@]23OC[C@H](CCCn4c2nc2ccccc24)O3)cc1. The van der Waals surface area contributed by atoms with Gasteiger partial charge in [0.05, 0.1) is 23.7 Å². The topological polar surface area (TPSA) is 36.3 Å². The van der Waals surface area contributed by atoms with Gasteiger partial charge >= 0.3 is 0 Å². The number of benzene rings is 2. The highest BCUT2D eigenvalue weighted by atomic mass is 16.7. The third kappa shape index (κ3) is 1.89. The molecule has 2 aromatic carbocycles. The van der Waals surface area contributed by atoms with Crippen LogP contribution < -0.4 is 0 Å². The first-order valence-corrected chi connectivity index (χ1v) is 8.20. The summed E-state index contributed by atoms with van der Waals surface area (Å²) in [6.45, 7) is 1.58. The molecule has 5 rings (SSSR count). The molecule has 4 heteroatoms. The van der Waals surface area contributed by atoms with Crippen LogP contribution in [0.2, 0.25) is 0 Å². The van der Waals surface area contributed by atoms with Crippen LogP contribution in [0, 0.1) is 0 Å². The Morgan fingerprint density at radius 2 is 1.87 bits per heavy atom. The van der Waals surface area contributed by atoms with Gasteiger partial charge in [-0.15, -0.1) is 0 Å². The van der Waals surface area contributed by atoms with Crippen LogP contribution in [-0.4, -0.2) is 22.3 Å². The van der Waals surface area contributed by atoms with E-state index in [1.807, 2.05) is 24.3 Å². The molecular weight excluding hydrogens is 288 g/mol. The maximum Gasteiger partial charge on any atom is 0.256 e. The number of imidazole rings is 1. The minimum absolute atomic E-state index is 0.142. The summed E-state index contributed by atoms with van der Waals surface area (Å²) in [7, 11) is 0. The molecule has 0 saturated carbocycles. The minimum atomic E-state index is -0.884. The molecule has 2 bridgehead atoms. The third-order valence-corrected chi connectivity index (χ3v) is 4.82. The van der Waals surface area contributed by atoms with E-state index in [1.165, 1.54) is 0 Å². The first-order valence-electron chi connectivity index (χ1n) is 8.20. The molecule has 2 aliphatic heterocycles. The fourth-order valence-corrected chi connectivity index (χ4v) is 3.74. The molecule has 3 heterocycles. The number of hydrogen-bond donors (Lipinski definition) is 0. The second-order valence-electron chi connectivity index (χ2n) is 6.25. The van der Waals surface area contributed by atoms with Crippen molar-refractivity contribution >= 4 is 11.0 Å². The van der Waals surface area contributed by atoms with E-state index in [1.54, 1.807) is 0 Å². The zero-order valence-corrected chi connectivity index (χ0v) is 12.8. The van der Waals surface area contributed by atoms with Gasteiger partial charge in [0, 0.05) is 12.1 Å².